The number of ether oxygens (including phenoxy) is 1. The van der Waals surface area contributed by atoms with Crippen molar-refractivity contribution in [3.8, 4) is 0 Å². The smallest absolute Gasteiger partial charge is 0.0826 e. The summed E-state index contributed by atoms with van der Waals surface area (Å²) in [6.45, 7) is 13.3. The summed E-state index contributed by atoms with van der Waals surface area (Å²) >= 11 is 0. The van der Waals surface area contributed by atoms with Crippen molar-refractivity contribution in [1.29, 1.82) is 0 Å². The van der Waals surface area contributed by atoms with Gasteiger partial charge in [-0.25, -0.2) is 0 Å². The van der Waals surface area contributed by atoms with Crippen LogP contribution in [-0.2, 0) is 4.74 Å². The third kappa shape index (κ3) is 4.15. The molecule has 0 aromatic rings. The van der Waals surface area contributed by atoms with Gasteiger partial charge in [0.2, 0.25) is 0 Å². The summed E-state index contributed by atoms with van der Waals surface area (Å²) in [5.74, 6) is 0.729. The largest absolute Gasteiger partial charge is 0.374 e. The van der Waals surface area contributed by atoms with Gasteiger partial charge in [-0.05, 0) is 32.9 Å². The summed E-state index contributed by atoms with van der Waals surface area (Å²) in [4.78, 5) is 4.95. The number of likely N-dealkylation sites (N-methyl/N-ethyl adjacent to an activating group) is 1. The van der Waals surface area contributed by atoms with E-state index in [0.29, 0.717) is 18.2 Å². The fourth-order valence-electron chi connectivity index (χ4n) is 3.30. The van der Waals surface area contributed by atoms with Gasteiger partial charge in [-0.15, -0.1) is 0 Å². The molecular weight excluding hydrogens is 238 g/mol. The van der Waals surface area contributed by atoms with Crippen molar-refractivity contribution < 1.29 is 4.74 Å². The van der Waals surface area contributed by atoms with E-state index in [-0.39, 0.29) is 0 Å². The highest BCUT2D eigenvalue weighted by molar-refractivity contribution is 4.87. The molecule has 0 radical (unpaired) electrons. The van der Waals surface area contributed by atoms with Gasteiger partial charge in [-0.3, -0.25) is 4.90 Å². The summed E-state index contributed by atoms with van der Waals surface area (Å²) < 4.78 is 5.87. The number of piperidine rings is 1. The van der Waals surface area contributed by atoms with Crippen LogP contribution in [0.15, 0.2) is 0 Å². The third-order valence-corrected chi connectivity index (χ3v) is 4.89. The van der Waals surface area contributed by atoms with Crippen LogP contribution in [-0.4, -0.2) is 74.4 Å². The molecule has 4 nitrogen and oxygen atoms in total. The Morgan fingerprint density at radius 1 is 1.26 bits per heavy atom. The minimum Gasteiger partial charge on any atom is -0.374 e. The van der Waals surface area contributed by atoms with Crippen molar-refractivity contribution in [3.63, 3.8) is 0 Å². The summed E-state index contributed by atoms with van der Waals surface area (Å²) in [5.41, 5.74) is 0. The van der Waals surface area contributed by atoms with Crippen molar-refractivity contribution >= 4 is 0 Å². The minimum atomic E-state index is 0.371. The van der Waals surface area contributed by atoms with Crippen molar-refractivity contribution in [2.24, 2.45) is 5.92 Å². The first kappa shape index (κ1) is 15.2. The standard InChI is InChI=1S/C15H31N3O/c1-5-18-6-7-19-14(11-18)9-16-15-8-13(3)17(4)10-12(15)2/h12-16H,5-11H2,1-4H3. The number of hydrogen-bond donors (Lipinski definition) is 1. The highest BCUT2D eigenvalue weighted by Gasteiger charge is 2.29. The highest BCUT2D eigenvalue weighted by atomic mass is 16.5. The second-order valence-corrected chi connectivity index (χ2v) is 6.40. The average molecular weight is 269 g/mol. The molecule has 4 heteroatoms. The van der Waals surface area contributed by atoms with E-state index in [2.05, 4.69) is 42.9 Å². The molecule has 112 valence electrons. The predicted octanol–water partition coefficient (Wildman–Crippen LogP) is 1.03. The molecule has 4 atom stereocenters. The van der Waals surface area contributed by atoms with E-state index in [0.717, 1.165) is 38.7 Å². The number of morpholine rings is 1. The molecule has 1 N–H and O–H groups in total. The van der Waals surface area contributed by atoms with Crippen LogP contribution < -0.4 is 5.32 Å². The average Bonchev–Trinajstić information content (AvgIpc) is 2.41. The molecule has 2 aliphatic rings. The zero-order chi connectivity index (χ0) is 13.8. The maximum absolute atomic E-state index is 5.87. The van der Waals surface area contributed by atoms with E-state index in [1.165, 1.54) is 13.0 Å². The van der Waals surface area contributed by atoms with E-state index in [9.17, 15) is 0 Å². The van der Waals surface area contributed by atoms with Crippen LogP contribution in [0.1, 0.15) is 27.2 Å². The molecular formula is C15H31N3O. The predicted molar refractivity (Wildman–Crippen MR) is 79.5 cm³/mol. The molecule has 0 amide bonds. The van der Waals surface area contributed by atoms with Crippen molar-refractivity contribution in [3.05, 3.63) is 0 Å². The van der Waals surface area contributed by atoms with E-state index in [1.54, 1.807) is 0 Å². The molecule has 0 aliphatic carbocycles. The van der Waals surface area contributed by atoms with Crippen molar-refractivity contribution in [2.45, 2.75) is 45.4 Å². The molecule has 4 unspecified atom stereocenters. The number of likely N-dealkylation sites (tertiary alicyclic amines) is 1. The lowest BCUT2D eigenvalue weighted by Gasteiger charge is -2.41. The molecule has 2 heterocycles. The normalized spacial score (nSPS) is 38.5. The minimum absolute atomic E-state index is 0.371. The first-order chi connectivity index (χ1) is 9.10. The van der Waals surface area contributed by atoms with Crippen LogP contribution in [0.4, 0.5) is 0 Å². The van der Waals surface area contributed by atoms with Gasteiger partial charge >= 0.3 is 0 Å². The molecule has 0 saturated carbocycles. The van der Waals surface area contributed by atoms with Gasteiger partial charge in [0.25, 0.3) is 0 Å². The Bertz CT molecular complexity index is 274. The number of nitrogens with one attached hydrogen (secondary N) is 1. The van der Waals surface area contributed by atoms with E-state index >= 15 is 0 Å². The van der Waals surface area contributed by atoms with Crippen LogP contribution in [0.5, 0.6) is 0 Å². The van der Waals surface area contributed by atoms with Crippen molar-refractivity contribution in [2.75, 3.05) is 46.4 Å². The highest BCUT2D eigenvalue weighted by Crippen LogP contribution is 2.20. The van der Waals surface area contributed by atoms with Crippen LogP contribution in [0.3, 0.4) is 0 Å². The number of rotatable bonds is 4. The monoisotopic (exact) mass is 269 g/mol. The summed E-state index contributed by atoms with van der Waals surface area (Å²) in [7, 11) is 2.24. The third-order valence-electron chi connectivity index (χ3n) is 4.89. The molecule has 2 fully saturated rings. The Balaban J connectivity index is 1.75. The molecule has 0 spiro atoms. The van der Waals surface area contributed by atoms with E-state index < -0.39 is 0 Å². The van der Waals surface area contributed by atoms with Gasteiger partial charge < -0.3 is 15.0 Å². The van der Waals surface area contributed by atoms with Crippen LogP contribution in [0.25, 0.3) is 0 Å². The first-order valence-electron chi connectivity index (χ1n) is 7.87. The van der Waals surface area contributed by atoms with Gasteiger partial charge in [-0.1, -0.05) is 13.8 Å². The zero-order valence-electron chi connectivity index (χ0n) is 13.1. The number of hydrogen-bond acceptors (Lipinski definition) is 4. The lowest BCUT2D eigenvalue weighted by molar-refractivity contribution is -0.0287. The number of nitrogens with zero attached hydrogens (tertiary/aromatic N) is 2. The van der Waals surface area contributed by atoms with Crippen LogP contribution >= 0.6 is 0 Å². The zero-order valence-corrected chi connectivity index (χ0v) is 13.1. The lowest BCUT2D eigenvalue weighted by Crippen LogP contribution is -2.54. The van der Waals surface area contributed by atoms with Crippen LogP contribution in [0, 0.1) is 5.92 Å². The summed E-state index contributed by atoms with van der Waals surface area (Å²) in [5, 5.41) is 3.76. The van der Waals surface area contributed by atoms with Gasteiger partial charge in [0.05, 0.1) is 12.7 Å². The van der Waals surface area contributed by atoms with Crippen molar-refractivity contribution in [1.82, 2.24) is 15.1 Å². The maximum atomic E-state index is 5.87. The second kappa shape index (κ2) is 7.02. The molecule has 0 aromatic heterocycles. The Labute approximate surface area is 118 Å². The molecule has 2 saturated heterocycles. The van der Waals surface area contributed by atoms with E-state index in [1.807, 2.05) is 0 Å². The fourth-order valence-corrected chi connectivity index (χ4v) is 3.30. The van der Waals surface area contributed by atoms with Gasteiger partial charge in [0, 0.05) is 38.3 Å². The van der Waals surface area contributed by atoms with Gasteiger partial charge in [-0.2, -0.15) is 0 Å². The SMILES string of the molecule is CCN1CCOC(CNC2CC(C)N(C)CC2C)C1. The molecule has 2 rings (SSSR count). The summed E-state index contributed by atoms with van der Waals surface area (Å²) in [6, 6.07) is 1.33. The quantitative estimate of drug-likeness (QED) is 0.825. The Morgan fingerprint density at radius 2 is 2.05 bits per heavy atom. The molecule has 2 aliphatic heterocycles. The van der Waals surface area contributed by atoms with E-state index in [4.69, 9.17) is 4.74 Å². The maximum Gasteiger partial charge on any atom is 0.0826 e. The topological polar surface area (TPSA) is 27.7 Å². The van der Waals surface area contributed by atoms with Gasteiger partial charge in [0.15, 0.2) is 0 Å². The summed E-state index contributed by atoms with van der Waals surface area (Å²) in [6.07, 6.45) is 1.62. The van der Waals surface area contributed by atoms with Crippen LogP contribution in [0.2, 0.25) is 0 Å². The van der Waals surface area contributed by atoms with Gasteiger partial charge in [0.1, 0.15) is 0 Å². The lowest BCUT2D eigenvalue weighted by atomic mass is 9.90. The molecule has 0 bridgehead atoms. The fraction of sp³-hybridized carbons (Fsp3) is 1.00. The molecule has 19 heavy (non-hydrogen) atoms. The Kier molecular flexibility index (Phi) is 5.63. The second-order valence-electron chi connectivity index (χ2n) is 6.40. The first-order valence-corrected chi connectivity index (χ1v) is 7.87. The Hall–Kier alpha value is -0.160. The molecule has 0 aromatic carbocycles. The Morgan fingerprint density at radius 3 is 2.79 bits per heavy atom.